The summed E-state index contributed by atoms with van der Waals surface area (Å²) >= 11 is 0. The minimum Gasteiger partial charge on any atom is -0.508 e. The Kier molecular flexibility index (Phi) is 6.33. The Hall–Kier alpha value is -1.75. The highest BCUT2D eigenvalue weighted by atomic mass is 16.6. The van der Waals surface area contributed by atoms with Gasteiger partial charge in [-0.25, -0.2) is 4.79 Å². The molecular formula is C20H32N2O3. The highest BCUT2D eigenvalue weighted by Gasteiger charge is 2.31. The molecule has 0 bridgehead atoms. The largest absolute Gasteiger partial charge is 0.508 e. The Labute approximate surface area is 151 Å². The number of aryl methyl sites for hydroxylation is 1. The lowest BCUT2D eigenvalue weighted by molar-refractivity contribution is 0.0220. The average molecular weight is 348 g/mol. The molecule has 2 atom stereocenters. The molecule has 1 saturated heterocycles. The molecule has 1 aromatic rings. The molecule has 2 unspecified atom stereocenters. The number of benzene rings is 1. The van der Waals surface area contributed by atoms with Crippen LogP contribution in [-0.4, -0.2) is 40.8 Å². The van der Waals surface area contributed by atoms with Crippen molar-refractivity contribution in [2.75, 3.05) is 13.1 Å². The molecule has 25 heavy (non-hydrogen) atoms. The van der Waals surface area contributed by atoms with Crippen LogP contribution in [0.5, 0.6) is 5.75 Å². The van der Waals surface area contributed by atoms with Crippen LogP contribution in [0.2, 0.25) is 0 Å². The number of carbonyl (C=O) groups excluding carboxylic acids is 1. The van der Waals surface area contributed by atoms with Crippen LogP contribution in [0.15, 0.2) is 18.2 Å². The van der Waals surface area contributed by atoms with Crippen molar-refractivity contribution < 1.29 is 14.6 Å². The number of rotatable bonds is 5. The Balaban J connectivity index is 1.84. The normalized spacial score (nSPS) is 19.1. The van der Waals surface area contributed by atoms with Crippen molar-refractivity contribution in [1.29, 1.82) is 0 Å². The summed E-state index contributed by atoms with van der Waals surface area (Å²) in [6.07, 6.45) is 2.72. The van der Waals surface area contributed by atoms with Gasteiger partial charge in [-0.2, -0.15) is 0 Å². The van der Waals surface area contributed by atoms with Gasteiger partial charge in [0.15, 0.2) is 0 Å². The van der Waals surface area contributed by atoms with Gasteiger partial charge in [-0.05, 0) is 72.1 Å². The van der Waals surface area contributed by atoms with Crippen molar-refractivity contribution in [2.24, 2.45) is 0 Å². The average Bonchev–Trinajstić information content (AvgIpc) is 2.93. The molecule has 2 N–H and O–H groups in total. The summed E-state index contributed by atoms with van der Waals surface area (Å²) in [5.41, 5.74) is 1.49. The summed E-state index contributed by atoms with van der Waals surface area (Å²) in [4.78, 5) is 14.2. The van der Waals surface area contributed by atoms with Crippen LogP contribution in [0, 0.1) is 6.92 Å². The maximum atomic E-state index is 12.3. The monoisotopic (exact) mass is 348 g/mol. The van der Waals surface area contributed by atoms with Gasteiger partial charge in [0.1, 0.15) is 11.4 Å². The number of likely N-dealkylation sites (tertiary alicyclic amines) is 1. The van der Waals surface area contributed by atoms with Crippen LogP contribution in [0.4, 0.5) is 4.79 Å². The molecule has 5 nitrogen and oxygen atoms in total. The van der Waals surface area contributed by atoms with E-state index in [0.29, 0.717) is 5.75 Å². The van der Waals surface area contributed by atoms with Gasteiger partial charge < -0.3 is 20.1 Å². The predicted molar refractivity (Wildman–Crippen MR) is 99.8 cm³/mol. The van der Waals surface area contributed by atoms with Gasteiger partial charge in [-0.3, -0.25) is 0 Å². The molecule has 0 aromatic heterocycles. The number of hydrogen-bond donors (Lipinski definition) is 2. The van der Waals surface area contributed by atoms with Crippen molar-refractivity contribution in [2.45, 2.75) is 71.6 Å². The van der Waals surface area contributed by atoms with E-state index in [1.807, 2.05) is 51.7 Å². The van der Waals surface area contributed by atoms with Crippen molar-refractivity contribution >= 4 is 6.09 Å². The third-order valence-electron chi connectivity index (χ3n) is 4.59. The quantitative estimate of drug-likeness (QED) is 0.839. The van der Waals surface area contributed by atoms with E-state index < -0.39 is 5.60 Å². The maximum Gasteiger partial charge on any atom is 0.410 e. The molecule has 1 aromatic carbocycles. The molecule has 0 aliphatic carbocycles. The lowest BCUT2D eigenvalue weighted by atomic mass is 10.0. The second-order valence-electron chi connectivity index (χ2n) is 8.00. The summed E-state index contributed by atoms with van der Waals surface area (Å²) in [5.74, 6) is 0.330. The van der Waals surface area contributed by atoms with Gasteiger partial charge in [0.05, 0.1) is 0 Å². The number of ether oxygens (including phenoxy) is 1. The topological polar surface area (TPSA) is 61.8 Å². The second-order valence-corrected chi connectivity index (χ2v) is 8.00. The highest BCUT2D eigenvalue weighted by molar-refractivity contribution is 5.68. The van der Waals surface area contributed by atoms with E-state index >= 15 is 0 Å². The standard InChI is InChI=1S/C20H32N2O3/c1-14-8-9-17(18(23)13-14)15(2)21-11-10-16-7-6-12-22(16)19(24)25-20(3,4)5/h8-9,13,15-16,21,23H,6-7,10-12H2,1-5H3. The number of aromatic hydroxyl groups is 1. The third-order valence-corrected chi connectivity index (χ3v) is 4.59. The first kappa shape index (κ1) is 19.6. The molecule has 140 valence electrons. The highest BCUT2D eigenvalue weighted by Crippen LogP contribution is 2.26. The van der Waals surface area contributed by atoms with E-state index in [4.69, 9.17) is 4.74 Å². The number of carbonyl (C=O) groups is 1. The summed E-state index contributed by atoms with van der Waals surface area (Å²) in [7, 11) is 0. The lowest BCUT2D eigenvalue weighted by Crippen LogP contribution is -2.41. The van der Waals surface area contributed by atoms with Gasteiger partial charge in [-0.1, -0.05) is 12.1 Å². The first-order valence-corrected chi connectivity index (χ1v) is 9.20. The van der Waals surface area contributed by atoms with Crippen molar-refractivity contribution in [3.05, 3.63) is 29.3 Å². The van der Waals surface area contributed by atoms with Crippen molar-refractivity contribution in [3.8, 4) is 5.75 Å². The number of amides is 1. The van der Waals surface area contributed by atoms with Crippen LogP contribution in [0.3, 0.4) is 0 Å². The zero-order chi connectivity index (χ0) is 18.6. The van der Waals surface area contributed by atoms with Crippen LogP contribution >= 0.6 is 0 Å². The number of phenolic OH excluding ortho intramolecular Hbond substituents is 1. The molecule has 1 amide bonds. The summed E-state index contributed by atoms with van der Waals surface area (Å²) < 4.78 is 5.51. The van der Waals surface area contributed by atoms with Crippen LogP contribution in [-0.2, 0) is 4.74 Å². The lowest BCUT2D eigenvalue weighted by Gasteiger charge is -2.29. The van der Waals surface area contributed by atoms with Gasteiger partial charge in [0.2, 0.25) is 0 Å². The van der Waals surface area contributed by atoms with Crippen molar-refractivity contribution in [3.63, 3.8) is 0 Å². The minimum atomic E-state index is -0.458. The maximum absolute atomic E-state index is 12.3. The zero-order valence-corrected chi connectivity index (χ0v) is 16.1. The summed E-state index contributed by atoms with van der Waals surface area (Å²) in [6.45, 7) is 11.3. The van der Waals surface area contributed by atoms with E-state index in [-0.39, 0.29) is 18.2 Å². The van der Waals surface area contributed by atoms with E-state index in [1.165, 1.54) is 0 Å². The van der Waals surface area contributed by atoms with E-state index in [9.17, 15) is 9.90 Å². The smallest absolute Gasteiger partial charge is 0.410 e. The summed E-state index contributed by atoms with van der Waals surface area (Å²) in [5, 5.41) is 13.5. The minimum absolute atomic E-state index is 0.0666. The Morgan fingerprint density at radius 2 is 2.16 bits per heavy atom. The predicted octanol–water partition coefficient (Wildman–Crippen LogP) is 4.14. The van der Waals surface area contributed by atoms with E-state index in [1.54, 1.807) is 6.07 Å². The first-order valence-electron chi connectivity index (χ1n) is 9.20. The molecule has 2 rings (SSSR count). The molecule has 1 aliphatic rings. The van der Waals surface area contributed by atoms with Gasteiger partial charge >= 0.3 is 6.09 Å². The molecule has 1 heterocycles. The van der Waals surface area contributed by atoms with Gasteiger partial charge in [0.25, 0.3) is 0 Å². The van der Waals surface area contributed by atoms with Crippen molar-refractivity contribution in [1.82, 2.24) is 10.2 Å². The molecule has 1 fully saturated rings. The van der Waals surface area contributed by atoms with Gasteiger partial charge in [0, 0.05) is 24.2 Å². The fraction of sp³-hybridized carbons (Fsp3) is 0.650. The molecule has 5 heteroatoms. The van der Waals surface area contributed by atoms with Crippen LogP contribution in [0.25, 0.3) is 0 Å². The Morgan fingerprint density at radius 3 is 2.80 bits per heavy atom. The number of phenols is 1. The molecular weight excluding hydrogens is 316 g/mol. The van der Waals surface area contributed by atoms with Crippen LogP contribution < -0.4 is 5.32 Å². The zero-order valence-electron chi connectivity index (χ0n) is 16.1. The fourth-order valence-corrected chi connectivity index (χ4v) is 3.29. The fourth-order valence-electron chi connectivity index (χ4n) is 3.29. The van der Waals surface area contributed by atoms with Crippen LogP contribution in [0.1, 0.15) is 64.1 Å². The molecule has 1 aliphatic heterocycles. The number of hydrogen-bond acceptors (Lipinski definition) is 4. The Morgan fingerprint density at radius 1 is 1.44 bits per heavy atom. The molecule has 0 saturated carbocycles. The van der Waals surface area contributed by atoms with E-state index in [2.05, 4.69) is 5.32 Å². The van der Waals surface area contributed by atoms with E-state index in [0.717, 1.165) is 43.5 Å². The first-order chi connectivity index (χ1) is 11.7. The number of nitrogens with zero attached hydrogens (tertiary/aromatic N) is 1. The number of nitrogens with one attached hydrogen (secondary N) is 1. The summed E-state index contributed by atoms with van der Waals surface area (Å²) in [6, 6.07) is 6.05. The third kappa shape index (κ3) is 5.63. The molecule has 0 spiro atoms. The van der Waals surface area contributed by atoms with Gasteiger partial charge in [-0.15, -0.1) is 0 Å². The Bertz CT molecular complexity index is 595. The second kappa shape index (κ2) is 8.09. The SMILES string of the molecule is Cc1ccc(C(C)NCCC2CCCN2C(=O)OC(C)(C)C)c(O)c1. The molecule has 0 radical (unpaired) electrons.